The Bertz CT molecular complexity index is 876. The lowest BCUT2D eigenvalue weighted by molar-refractivity contribution is -0.115. The van der Waals surface area contributed by atoms with E-state index in [-0.39, 0.29) is 18.5 Å². The van der Waals surface area contributed by atoms with Crippen LogP contribution in [0.2, 0.25) is 0 Å². The van der Waals surface area contributed by atoms with Crippen molar-refractivity contribution in [2.75, 3.05) is 43.1 Å². The predicted octanol–water partition coefficient (Wildman–Crippen LogP) is 4.37. The SMILES string of the molecule is CC(C)[C@H](NCC(=O)Nc1ccc(N2CCCC2)cc1)c1ccc2c(c1)OCCCO2. The molecule has 2 aliphatic rings. The Hall–Kier alpha value is -2.73. The fourth-order valence-electron chi connectivity index (χ4n) is 4.25. The number of ether oxygens (including phenoxy) is 2. The maximum Gasteiger partial charge on any atom is 0.238 e. The van der Waals surface area contributed by atoms with E-state index in [0.717, 1.165) is 42.3 Å². The van der Waals surface area contributed by atoms with Gasteiger partial charge in [-0.3, -0.25) is 4.79 Å². The second kappa shape index (κ2) is 10.1. The van der Waals surface area contributed by atoms with Gasteiger partial charge in [0.1, 0.15) is 0 Å². The summed E-state index contributed by atoms with van der Waals surface area (Å²) in [5.74, 6) is 1.84. The van der Waals surface area contributed by atoms with Crippen molar-refractivity contribution in [3.8, 4) is 11.5 Å². The zero-order valence-corrected chi connectivity index (χ0v) is 18.5. The van der Waals surface area contributed by atoms with E-state index in [1.165, 1.54) is 18.5 Å². The first kappa shape index (κ1) is 21.5. The second-order valence-electron chi connectivity index (χ2n) is 8.65. The first-order valence-corrected chi connectivity index (χ1v) is 11.4. The van der Waals surface area contributed by atoms with Gasteiger partial charge in [-0.25, -0.2) is 0 Å². The Morgan fingerprint density at radius 3 is 2.39 bits per heavy atom. The molecule has 1 saturated heterocycles. The molecule has 1 amide bonds. The summed E-state index contributed by atoms with van der Waals surface area (Å²) < 4.78 is 11.6. The number of nitrogens with one attached hydrogen (secondary N) is 2. The maximum absolute atomic E-state index is 12.6. The van der Waals surface area contributed by atoms with Crippen molar-refractivity contribution in [1.29, 1.82) is 0 Å². The molecule has 31 heavy (non-hydrogen) atoms. The summed E-state index contributed by atoms with van der Waals surface area (Å²) in [5.41, 5.74) is 3.15. The number of nitrogens with zero attached hydrogens (tertiary/aromatic N) is 1. The fraction of sp³-hybridized carbons (Fsp3) is 0.480. The minimum Gasteiger partial charge on any atom is -0.490 e. The first-order chi connectivity index (χ1) is 15.1. The van der Waals surface area contributed by atoms with Gasteiger partial charge in [-0.15, -0.1) is 0 Å². The lowest BCUT2D eigenvalue weighted by atomic mass is 9.95. The van der Waals surface area contributed by atoms with Crippen LogP contribution in [0, 0.1) is 5.92 Å². The van der Waals surface area contributed by atoms with Crippen LogP contribution in [0.25, 0.3) is 0 Å². The number of amides is 1. The van der Waals surface area contributed by atoms with Gasteiger partial charge in [-0.1, -0.05) is 19.9 Å². The quantitative estimate of drug-likeness (QED) is 0.692. The number of anilines is 2. The van der Waals surface area contributed by atoms with E-state index in [9.17, 15) is 4.79 Å². The summed E-state index contributed by atoms with van der Waals surface area (Å²) in [4.78, 5) is 14.9. The van der Waals surface area contributed by atoms with E-state index in [4.69, 9.17) is 9.47 Å². The number of fused-ring (bicyclic) bond motifs is 1. The molecular formula is C25H33N3O3. The monoisotopic (exact) mass is 423 g/mol. The van der Waals surface area contributed by atoms with Crippen LogP contribution in [0.1, 0.15) is 44.7 Å². The molecule has 1 atom stereocenters. The third kappa shape index (κ3) is 5.50. The van der Waals surface area contributed by atoms with E-state index < -0.39 is 0 Å². The maximum atomic E-state index is 12.6. The van der Waals surface area contributed by atoms with Crippen LogP contribution in [0.5, 0.6) is 11.5 Å². The van der Waals surface area contributed by atoms with Gasteiger partial charge in [0, 0.05) is 36.9 Å². The van der Waals surface area contributed by atoms with Crippen molar-refractivity contribution < 1.29 is 14.3 Å². The van der Waals surface area contributed by atoms with Crippen molar-refractivity contribution in [3.05, 3.63) is 48.0 Å². The van der Waals surface area contributed by atoms with E-state index in [1.807, 2.05) is 24.3 Å². The summed E-state index contributed by atoms with van der Waals surface area (Å²) in [6.07, 6.45) is 3.39. The molecule has 4 rings (SSSR count). The summed E-state index contributed by atoms with van der Waals surface area (Å²) >= 11 is 0. The fourth-order valence-corrected chi connectivity index (χ4v) is 4.25. The summed E-state index contributed by atoms with van der Waals surface area (Å²) in [6.45, 7) is 8.11. The molecule has 2 heterocycles. The van der Waals surface area contributed by atoms with Crippen LogP contribution in [-0.2, 0) is 4.79 Å². The van der Waals surface area contributed by atoms with Crippen LogP contribution in [0.15, 0.2) is 42.5 Å². The van der Waals surface area contributed by atoms with Crippen molar-refractivity contribution in [2.45, 2.75) is 39.2 Å². The molecule has 2 aromatic rings. The number of rotatable bonds is 7. The normalized spacial score (nSPS) is 16.8. The third-order valence-corrected chi connectivity index (χ3v) is 5.90. The zero-order chi connectivity index (χ0) is 21.6. The molecule has 2 N–H and O–H groups in total. The average molecular weight is 424 g/mol. The topological polar surface area (TPSA) is 62.8 Å². The highest BCUT2D eigenvalue weighted by atomic mass is 16.5. The lowest BCUT2D eigenvalue weighted by Crippen LogP contribution is -2.33. The highest BCUT2D eigenvalue weighted by Gasteiger charge is 2.20. The molecule has 0 aliphatic carbocycles. The molecule has 0 saturated carbocycles. The Balaban J connectivity index is 1.35. The van der Waals surface area contributed by atoms with Gasteiger partial charge in [0.15, 0.2) is 11.5 Å². The standard InChI is InChI=1S/C25H33N3O3/c1-18(2)25(19-6-11-22-23(16-19)31-15-5-14-30-22)26-17-24(29)27-20-7-9-21(10-8-20)28-12-3-4-13-28/h6-11,16,18,25-26H,3-5,12-15,17H2,1-2H3,(H,27,29)/t25-/m0/s1. The molecule has 2 aliphatic heterocycles. The number of carbonyl (C=O) groups is 1. The molecule has 0 aromatic heterocycles. The van der Waals surface area contributed by atoms with Crippen molar-refractivity contribution >= 4 is 17.3 Å². The Labute approximate surface area is 184 Å². The lowest BCUT2D eigenvalue weighted by Gasteiger charge is -2.24. The van der Waals surface area contributed by atoms with Gasteiger partial charge in [0.25, 0.3) is 0 Å². The highest BCUT2D eigenvalue weighted by Crippen LogP contribution is 2.34. The minimum atomic E-state index is -0.0473. The Kier molecular flexibility index (Phi) is 6.97. The smallest absolute Gasteiger partial charge is 0.238 e. The summed E-state index contributed by atoms with van der Waals surface area (Å²) in [6, 6.07) is 14.2. The molecule has 0 spiro atoms. The highest BCUT2D eigenvalue weighted by molar-refractivity contribution is 5.92. The molecule has 0 bridgehead atoms. The molecule has 166 valence electrons. The van der Waals surface area contributed by atoms with Gasteiger partial charge in [-0.05, 0) is 60.7 Å². The number of carbonyl (C=O) groups excluding carboxylic acids is 1. The van der Waals surface area contributed by atoms with Gasteiger partial charge in [-0.2, -0.15) is 0 Å². The van der Waals surface area contributed by atoms with Gasteiger partial charge >= 0.3 is 0 Å². The molecular weight excluding hydrogens is 390 g/mol. The minimum absolute atomic E-state index is 0.0421. The van der Waals surface area contributed by atoms with Crippen molar-refractivity contribution in [1.82, 2.24) is 5.32 Å². The summed E-state index contributed by atoms with van der Waals surface area (Å²) in [7, 11) is 0. The van der Waals surface area contributed by atoms with E-state index in [0.29, 0.717) is 19.1 Å². The van der Waals surface area contributed by atoms with Crippen LogP contribution >= 0.6 is 0 Å². The van der Waals surface area contributed by atoms with Gasteiger partial charge in [0.05, 0.1) is 19.8 Å². The number of hydrogen-bond acceptors (Lipinski definition) is 5. The number of hydrogen-bond donors (Lipinski definition) is 2. The van der Waals surface area contributed by atoms with Gasteiger partial charge < -0.3 is 25.0 Å². The molecule has 2 aromatic carbocycles. The van der Waals surface area contributed by atoms with Crippen molar-refractivity contribution in [2.24, 2.45) is 5.92 Å². The molecule has 6 nitrogen and oxygen atoms in total. The van der Waals surface area contributed by atoms with E-state index >= 15 is 0 Å². The average Bonchev–Trinajstić information content (AvgIpc) is 3.20. The third-order valence-electron chi connectivity index (χ3n) is 5.90. The summed E-state index contributed by atoms with van der Waals surface area (Å²) in [5, 5.41) is 6.42. The van der Waals surface area contributed by atoms with Gasteiger partial charge in [0.2, 0.25) is 5.91 Å². The molecule has 1 fully saturated rings. The van der Waals surface area contributed by atoms with Crippen LogP contribution in [0.3, 0.4) is 0 Å². The molecule has 0 radical (unpaired) electrons. The van der Waals surface area contributed by atoms with Crippen LogP contribution in [-0.4, -0.2) is 38.8 Å². The van der Waals surface area contributed by atoms with Crippen LogP contribution in [0.4, 0.5) is 11.4 Å². The Morgan fingerprint density at radius 2 is 1.68 bits per heavy atom. The number of benzene rings is 2. The zero-order valence-electron chi connectivity index (χ0n) is 18.5. The first-order valence-electron chi connectivity index (χ1n) is 11.4. The second-order valence-corrected chi connectivity index (χ2v) is 8.65. The van der Waals surface area contributed by atoms with Crippen molar-refractivity contribution in [3.63, 3.8) is 0 Å². The largest absolute Gasteiger partial charge is 0.490 e. The molecule has 6 heteroatoms. The van der Waals surface area contributed by atoms with E-state index in [1.54, 1.807) is 0 Å². The van der Waals surface area contributed by atoms with E-state index in [2.05, 4.69) is 47.6 Å². The Morgan fingerprint density at radius 1 is 0.968 bits per heavy atom. The molecule has 0 unspecified atom stereocenters. The predicted molar refractivity (Wildman–Crippen MR) is 124 cm³/mol. The van der Waals surface area contributed by atoms with Crippen LogP contribution < -0.4 is 25.0 Å².